The Morgan fingerprint density at radius 1 is 0.889 bits per heavy atom. The van der Waals surface area contributed by atoms with Crippen molar-refractivity contribution in [3.05, 3.63) is 48.0 Å². The zero-order valence-corrected chi connectivity index (χ0v) is 10.0. The van der Waals surface area contributed by atoms with Gasteiger partial charge < -0.3 is 15.3 Å². The summed E-state index contributed by atoms with van der Waals surface area (Å²) in [4.78, 5) is 12.3. The van der Waals surface area contributed by atoms with Crippen molar-refractivity contribution in [1.82, 2.24) is 0 Å². The number of rotatable bonds is 3. The Labute approximate surface area is 108 Å². The zero-order chi connectivity index (χ0) is 13.1. The predicted octanol–water partition coefficient (Wildman–Crippen LogP) is 2.95. The molecule has 0 saturated heterocycles. The lowest BCUT2D eigenvalue weighted by atomic mass is 10.2. The minimum Gasteiger partial charge on any atom is -0.504 e. The molecule has 3 N–H and O–H groups in total. The van der Waals surface area contributed by atoms with Crippen molar-refractivity contribution in [2.45, 2.75) is 9.79 Å². The van der Waals surface area contributed by atoms with Crippen molar-refractivity contribution in [2.24, 2.45) is 0 Å². The van der Waals surface area contributed by atoms with Crippen LogP contribution in [0.15, 0.2) is 52.3 Å². The summed E-state index contributed by atoms with van der Waals surface area (Å²) in [6, 6.07) is 10.9. The fourth-order valence-electron chi connectivity index (χ4n) is 1.37. The van der Waals surface area contributed by atoms with Gasteiger partial charge >= 0.3 is 5.97 Å². The first kappa shape index (κ1) is 12.3. The number of hydrogen-bond donors (Lipinski definition) is 3. The molecule has 0 fully saturated rings. The molecule has 4 nitrogen and oxygen atoms in total. The molecular formula is C13H10O4S. The molecule has 0 amide bonds. The lowest BCUT2D eigenvalue weighted by Gasteiger charge is -2.04. The molecular weight excluding hydrogens is 252 g/mol. The zero-order valence-electron chi connectivity index (χ0n) is 9.20. The monoisotopic (exact) mass is 262 g/mol. The molecule has 0 heterocycles. The topological polar surface area (TPSA) is 77.8 Å². The average molecular weight is 262 g/mol. The van der Waals surface area contributed by atoms with E-state index in [1.165, 1.54) is 36.0 Å². The number of aromatic carboxylic acids is 1. The largest absolute Gasteiger partial charge is 0.504 e. The highest BCUT2D eigenvalue weighted by Gasteiger charge is 2.05. The van der Waals surface area contributed by atoms with E-state index in [4.69, 9.17) is 5.11 Å². The summed E-state index contributed by atoms with van der Waals surface area (Å²) < 4.78 is 0. The van der Waals surface area contributed by atoms with Crippen LogP contribution < -0.4 is 0 Å². The van der Waals surface area contributed by atoms with Gasteiger partial charge in [-0.2, -0.15) is 0 Å². The first-order valence-electron chi connectivity index (χ1n) is 5.09. The van der Waals surface area contributed by atoms with E-state index in [9.17, 15) is 15.0 Å². The maximum absolute atomic E-state index is 10.7. The Morgan fingerprint density at radius 2 is 1.50 bits per heavy atom. The number of phenols is 2. The molecule has 0 aliphatic rings. The third kappa shape index (κ3) is 2.75. The maximum atomic E-state index is 10.7. The summed E-state index contributed by atoms with van der Waals surface area (Å²) in [6.07, 6.45) is 0. The van der Waals surface area contributed by atoms with Gasteiger partial charge in [0.25, 0.3) is 0 Å². The molecule has 2 aromatic rings. The van der Waals surface area contributed by atoms with E-state index in [2.05, 4.69) is 0 Å². The van der Waals surface area contributed by atoms with Crippen molar-refractivity contribution < 1.29 is 20.1 Å². The minimum absolute atomic E-state index is 0.166. The van der Waals surface area contributed by atoms with E-state index in [1.54, 1.807) is 18.2 Å². The molecule has 0 aliphatic heterocycles. The van der Waals surface area contributed by atoms with Crippen molar-refractivity contribution in [2.75, 3.05) is 0 Å². The van der Waals surface area contributed by atoms with Crippen LogP contribution in [-0.2, 0) is 0 Å². The van der Waals surface area contributed by atoms with Gasteiger partial charge in [0.1, 0.15) is 0 Å². The van der Waals surface area contributed by atoms with Crippen LogP contribution in [0.3, 0.4) is 0 Å². The normalized spacial score (nSPS) is 10.2. The predicted molar refractivity (Wildman–Crippen MR) is 67.3 cm³/mol. The maximum Gasteiger partial charge on any atom is 0.335 e. The molecule has 0 bridgehead atoms. The molecule has 2 rings (SSSR count). The molecule has 0 saturated carbocycles. The number of hydrogen-bond acceptors (Lipinski definition) is 4. The second kappa shape index (κ2) is 5.01. The van der Waals surface area contributed by atoms with Gasteiger partial charge in [0.15, 0.2) is 11.5 Å². The first-order chi connectivity index (χ1) is 8.56. The second-order valence-electron chi connectivity index (χ2n) is 3.58. The number of phenolic OH excluding ortho intramolecular Hbond substituents is 2. The highest BCUT2D eigenvalue weighted by molar-refractivity contribution is 7.99. The van der Waals surface area contributed by atoms with E-state index in [0.29, 0.717) is 0 Å². The van der Waals surface area contributed by atoms with Crippen LogP contribution in [0, 0.1) is 0 Å². The van der Waals surface area contributed by atoms with Gasteiger partial charge in [-0.3, -0.25) is 0 Å². The number of carboxylic acid groups (broad SMARTS) is 1. The SMILES string of the molecule is O=C(O)c1ccc(Sc2ccc(O)c(O)c2)cc1. The molecule has 0 aliphatic carbocycles. The lowest BCUT2D eigenvalue weighted by molar-refractivity contribution is 0.0697. The van der Waals surface area contributed by atoms with E-state index in [-0.39, 0.29) is 17.1 Å². The Hall–Kier alpha value is -2.14. The molecule has 2 aromatic carbocycles. The molecule has 92 valence electrons. The highest BCUT2D eigenvalue weighted by Crippen LogP contribution is 2.33. The van der Waals surface area contributed by atoms with Gasteiger partial charge in [-0.25, -0.2) is 4.79 Å². The smallest absolute Gasteiger partial charge is 0.335 e. The van der Waals surface area contributed by atoms with Gasteiger partial charge in [-0.15, -0.1) is 0 Å². The van der Waals surface area contributed by atoms with Gasteiger partial charge in [0.2, 0.25) is 0 Å². The van der Waals surface area contributed by atoms with Crippen molar-refractivity contribution >= 4 is 17.7 Å². The van der Waals surface area contributed by atoms with Crippen molar-refractivity contribution in [1.29, 1.82) is 0 Å². The number of aromatic hydroxyl groups is 2. The van der Waals surface area contributed by atoms with Gasteiger partial charge in [-0.1, -0.05) is 11.8 Å². The Morgan fingerprint density at radius 3 is 2.06 bits per heavy atom. The van der Waals surface area contributed by atoms with Gasteiger partial charge in [0, 0.05) is 9.79 Å². The molecule has 0 atom stereocenters. The summed E-state index contributed by atoms with van der Waals surface area (Å²) in [7, 11) is 0. The van der Waals surface area contributed by atoms with Crippen LogP contribution >= 0.6 is 11.8 Å². The third-order valence-electron chi connectivity index (χ3n) is 2.28. The third-order valence-corrected chi connectivity index (χ3v) is 3.28. The van der Waals surface area contributed by atoms with E-state index in [0.717, 1.165) is 9.79 Å². The quantitative estimate of drug-likeness (QED) is 0.741. The molecule has 5 heteroatoms. The molecule has 18 heavy (non-hydrogen) atoms. The fraction of sp³-hybridized carbons (Fsp3) is 0. The Balaban J connectivity index is 2.18. The van der Waals surface area contributed by atoms with Crippen LogP contribution in [0.25, 0.3) is 0 Å². The summed E-state index contributed by atoms with van der Waals surface area (Å²) in [5.74, 6) is -1.31. The van der Waals surface area contributed by atoms with Gasteiger partial charge in [0.05, 0.1) is 5.56 Å². The van der Waals surface area contributed by atoms with Crippen LogP contribution in [-0.4, -0.2) is 21.3 Å². The second-order valence-corrected chi connectivity index (χ2v) is 4.73. The van der Waals surface area contributed by atoms with Gasteiger partial charge in [-0.05, 0) is 42.5 Å². The van der Waals surface area contributed by atoms with E-state index < -0.39 is 5.97 Å². The molecule has 0 spiro atoms. The minimum atomic E-state index is -0.964. The Bertz CT molecular complexity index is 578. The van der Waals surface area contributed by atoms with Crippen LogP contribution in [0.2, 0.25) is 0 Å². The van der Waals surface area contributed by atoms with Crippen LogP contribution in [0.1, 0.15) is 10.4 Å². The summed E-state index contributed by atoms with van der Waals surface area (Å²) in [5, 5.41) is 27.3. The Kier molecular flexibility index (Phi) is 3.43. The lowest BCUT2D eigenvalue weighted by Crippen LogP contribution is -1.94. The molecule has 0 unspecified atom stereocenters. The number of carbonyl (C=O) groups is 1. The fourth-order valence-corrected chi connectivity index (χ4v) is 2.22. The standard InChI is InChI=1S/C13H10O4S/c14-11-6-5-10(7-12(11)15)18-9-3-1-8(2-4-9)13(16)17/h1-7,14-15H,(H,16,17). The number of carboxylic acids is 1. The first-order valence-corrected chi connectivity index (χ1v) is 5.91. The summed E-state index contributed by atoms with van der Waals surface area (Å²) in [6.45, 7) is 0. The van der Waals surface area contributed by atoms with E-state index in [1.807, 2.05) is 0 Å². The van der Waals surface area contributed by atoms with Crippen LogP contribution in [0.4, 0.5) is 0 Å². The van der Waals surface area contributed by atoms with Crippen molar-refractivity contribution in [3.8, 4) is 11.5 Å². The van der Waals surface area contributed by atoms with Crippen molar-refractivity contribution in [3.63, 3.8) is 0 Å². The molecule has 0 radical (unpaired) electrons. The summed E-state index contributed by atoms with van der Waals surface area (Å²) in [5.41, 5.74) is 0.230. The molecule has 0 aromatic heterocycles. The van der Waals surface area contributed by atoms with E-state index >= 15 is 0 Å². The van der Waals surface area contributed by atoms with Crippen LogP contribution in [0.5, 0.6) is 11.5 Å². The number of benzene rings is 2. The average Bonchev–Trinajstić information content (AvgIpc) is 2.34. The summed E-state index contributed by atoms with van der Waals surface area (Å²) >= 11 is 1.37. The highest BCUT2D eigenvalue weighted by atomic mass is 32.2.